The summed E-state index contributed by atoms with van der Waals surface area (Å²) in [5.74, 6) is 0.187. The van der Waals surface area contributed by atoms with Gasteiger partial charge in [-0.05, 0) is 24.6 Å². The Hall–Kier alpha value is -0.780. The van der Waals surface area contributed by atoms with Crippen LogP contribution in [0.2, 0.25) is 5.02 Å². The van der Waals surface area contributed by atoms with Gasteiger partial charge in [-0.1, -0.05) is 24.6 Å². The van der Waals surface area contributed by atoms with Crippen molar-refractivity contribution in [1.82, 2.24) is 0 Å². The standard InChI is InChI=1S/C12H18ClNO3S/c1-3-18(16,17)8-9(2)14-12-6-10(7-15)4-5-11(12)13/h4-6,9,14-15H,3,7-8H2,1-2H3. The van der Waals surface area contributed by atoms with Crippen molar-refractivity contribution in [3.63, 3.8) is 0 Å². The summed E-state index contributed by atoms with van der Waals surface area (Å²) >= 11 is 6.01. The zero-order chi connectivity index (χ0) is 13.8. The van der Waals surface area contributed by atoms with Crippen LogP contribution in [0.4, 0.5) is 5.69 Å². The molecule has 6 heteroatoms. The van der Waals surface area contributed by atoms with Crippen LogP contribution in [0.15, 0.2) is 18.2 Å². The van der Waals surface area contributed by atoms with Crippen LogP contribution in [0.1, 0.15) is 19.4 Å². The molecule has 18 heavy (non-hydrogen) atoms. The lowest BCUT2D eigenvalue weighted by Gasteiger charge is -2.16. The molecule has 0 heterocycles. The second-order valence-corrected chi connectivity index (χ2v) is 7.02. The molecule has 0 saturated carbocycles. The van der Waals surface area contributed by atoms with E-state index in [1.165, 1.54) is 0 Å². The number of benzene rings is 1. The van der Waals surface area contributed by atoms with Crippen molar-refractivity contribution in [2.45, 2.75) is 26.5 Å². The summed E-state index contributed by atoms with van der Waals surface area (Å²) in [5.41, 5.74) is 1.37. The van der Waals surface area contributed by atoms with E-state index < -0.39 is 9.84 Å². The molecule has 1 atom stereocenters. The quantitative estimate of drug-likeness (QED) is 0.842. The Morgan fingerprint density at radius 2 is 2.11 bits per heavy atom. The molecule has 0 saturated heterocycles. The van der Waals surface area contributed by atoms with E-state index in [1.807, 2.05) is 0 Å². The zero-order valence-electron chi connectivity index (χ0n) is 10.5. The van der Waals surface area contributed by atoms with E-state index in [1.54, 1.807) is 32.0 Å². The fourth-order valence-corrected chi connectivity index (χ4v) is 2.84. The van der Waals surface area contributed by atoms with E-state index in [0.29, 0.717) is 10.7 Å². The van der Waals surface area contributed by atoms with Gasteiger partial charge in [-0.2, -0.15) is 0 Å². The van der Waals surface area contributed by atoms with Crippen LogP contribution in [0.25, 0.3) is 0 Å². The van der Waals surface area contributed by atoms with Crippen molar-refractivity contribution in [3.05, 3.63) is 28.8 Å². The maximum absolute atomic E-state index is 11.5. The highest BCUT2D eigenvalue weighted by Crippen LogP contribution is 2.24. The Balaban J connectivity index is 2.78. The molecule has 0 fully saturated rings. The van der Waals surface area contributed by atoms with E-state index >= 15 is 0 Å². The molecule has 4 nitrogen and oxygen atoms in total. The number of aliphatic hydroxyl groups is 1. The van der Waals surface area contributed by atoms with Gasteiger partial charge in [-0.3, -0.25) is 0 Å². The minimum absolute atomic E-state index is 0.0587. The number of anilines is 1. The highest BCUT2D eigenvalue weighted by atomic mass is 35.5. The van der Waals surface area contributed by atoms with Crippen LogP contribution in [-0.4, -0.2) is 31.1 Å². The first-order valence-electron chi connectivity index (χ1n) is 5.74. The Kier molecular flexibility index (Phi) is 5.44. The average Bonchev–Trinajstić information content (AvgIpc) is 2.31. The Morgan fingerprint density at radius 1 is 1.44 bits per heavy atom. The van der Waals surface area contributed by atoms with Gasteiger partial charge in [0.2, 0.25) is 0 Å². The molecule has 0 amide bonds. The number of nitrogens with one attached hydrogen (secondary N) is 1. The second-order valence-electron chi connectivity index (χ2n) is 4.22. The topological polar surface area (TPSA) is 66.4 Å². The number of hydrogen-bond acceptors (Lipinski definition) is 4. The highest BCUT2D eigenvalue weighted by Gasteiger charge is 2.14. The van der Waals surface area contributed by atoms with Crippen molar-refractivity contribution in [2.24, 2.45) is 0 Å². The molecule has 1 aromatic rings. The summed E-state index contributed by atoms with van der Waals surface area (Å²) < 4.78 is 23.0. The number of rotatable bonds is 6. The Labute approximate surface area is 113 Å². The minimum Gasteiger partial charge on any atom is -0.392 e. The van der Waals surface area contributed by atoms with E-state index in [0.717, 1.165) is 5.56 Å². The minimum atomic E-state index is -3.02. The van der Waals surface area contributed by atoms with Gasteiger partial charge in [0.25, 0.3) is 0 Å². The SMILES string of the molecule is CCS(=O)(=O)CC(C)Nc1cc(CO)ccc1Cl. The average molecular weight is 292 g/mol. The summed E-state index contributed by atoms with van der Waals surface area (Å²) in [5, 5.41) is 12.6. The summed E-state index contributed by atoms with van der Waals surface area (Å²) in [6, 6.07) is 4.89. The van der Waals surface area contributed by atoms with Gasteiger partial charge in [0, 0.05) is 11.8 Å². The lowest BCUT2D eigenvalue weighted by molar-refractivity contribution is 0.282. The first kappa shape index (κ1) is 15.3. The van der Waals surface area contributed by atoms with Gasteiger partial charge < -0.3 is 10.4 Å². The zero-order valence-corrected chi connectivity index (χ0v) is 12.1. The van der Waals surface area contributed by atoms with Crippen LogP contribution in [0.5, 0.6) is 0 Å². The van der Waals surface area contributed by atoms with Crippen LogP contribution in [0.3, 0.4) is 0 Å². The molecule has 0 aliphatic heterocycles. The van der Waals surface area contributed by atoms with E-state index in [4.69, 9.17) is 16.7 Å². The predicted molar refractivity (Wildman–Crippen MR) is 74.8 cm³/mol. The fraction of sp³-hybridized carbons (Fsp3) is 0.500. The van der Waals surface area contributed by atoms with Crippen LogP contribution >= 0.6 is 11.6 Å². The predicted octanol–water partition coefficient (Wildman–Crippen LogP) is 2.07. The summed E-state index contributed by atoms with van der Waals surface area (Å²) in [7, 11) is -3.02. The van der Waals surface area contributed by atoms with Gasteiger partial charge >= 0.3 is 0 Å². The first-order valence-corrected chi connectivity index (χ1v) is 7.94. The van der Waals surface area contributed by atoms with Crippen molar-refractivity contribution in [2.75, 3.05) is 16.8 Å². The third kappa shape index (κ3) is 4.48. The number of halogens is 1. The molecule has 0 aliphatic carbocycles. The van der Waals surface area contributed by atoms with Gasteiger partial charge in [-0.25, -0.2) is 8.42 Å². The van der Waals surface area contributed by atoms with Crippen molar-refractivity contribution in [3.8, 4) is 0 Å². The molecular weight excluding hydrogens is 274 g/mol. The van der Waals surface area contributed by atoms with Crippen molar-refractivity contribution in [1.29, 1.82) is 0 Å². The maximum atomic E-state index is 11.5. The molecule has 1 rings (SSSR count). The van der Waals surface area contributed by atoms with Gasteiger partial charge in [0.15, 0.2) is 9.84 Å². The Morgan fingerprint density at radius 3 is 2.67 bits per heavy atom. The molecule has 1 unspecified atom stereocenters. The number of hydrogen-bond donors (Lipinski definition) is 2. The number of sulfone groups is 1. The molecule has 0 radical (unpaired) electrons. The first-order chi connectivity index (χ1) is 8.38. The monoisotopic (exact) mass is 291 g/mol. The van der Waals surface area contributed by atoms with E-state index in [-0.39, 0.29) is 24.2 Å². The molecule has 2 N–H and O–H groups in total. The van der Waals surface area contributed by atoms with Gasteiger partial charge in [0.1, 0.15) is 0 Å². The van der Waals surface area contributed by atoms with Crippen LogP contribution in [0, 0.1) is 0 Å². The number of aliphatic hydroxyl groups excluding tert-OH is 1. The molecular formula is C12H18ClNO3S. The molecule has 102 valence electrons. The lowest BCUT2D eigenvalue weighted by Crippen LogP contribution is -2.26. The van der Waals surface area contributed by atoms with E-state index in [9.17, 15) is 8.42 Å². The molecule has 1 aromatic carbocycles. The largest absolute Gasteiger partial charge is 0.392 e. The fourth-order valence-electron chi connectivity index (χ4n) is 1.59. The summed E-state index contributed by atoms with van der Waals surface area (Å²) in [4.78, 5) is 0. The lowest BCUT2D eigenvalue weighted by atomic mass is 10.2. The highest BCUT2D eigenvalue weighted by molar-refractivity contribution is 7.91. The van der Waals surface area contributed by atoms with Crippen LogP contribution < -0.4 is 5.32 Å². The van der Waals surface area contributed by atoms with E-state index in [2.05, 4.69) is 5.32 Å². The third-order valence-corrected chi connectivity index (χ3v) is 4.78. The maximum Gasteiger partial charge on any atom is 0.152 e. The van der Waals surface area contributed by atoms with Crippen molar-refractivity contribution < 1.29 is 13.5 Å². The summed E-state index contributed by atoms with van der Waals surface area (Å²) in [6.45, 7) is 3.34. The Bertz CT molecular complexity index is 502. The second kappa shape index (κ2) is 6.41. The third-order valence-electron chi connectivity index (χ3n) is 2.56. The van der Waals surface area contributed by atoms with Gasteiger partial charge in [0.05, 0.1) is 23.1 Å². The molecule has 0 bridgehead atoms. The summed E-state index contributed by atoms with van der Waals surface area (Å²) in [6.07, 6.45) is 0. The normalized spacial score (nSPS) is 13.3. The van der Waals surface area contributed by atoms with Crippen LogP contribution in [-0.2, 0) is 16.4 Å². The molecule has 0 aromatic heterocycles. The van der Waals surface area contributed by atoms with Crippen molar-refractivity contribution >= 4 is 27.1 Å². The smallest absolute Gasteiger partial charge is 0.152 e. The molecule has 0 aliphatic rings. The molecule has 0 spiro atoms. The van der Waals surface area contributed by atoms with Gasteiger partial charge in [-0.15, -0.1) is 0 Å².